The van der Waals surface area contributed by atoms with Gasteiger partial charge >= 0.3 is 0 Å². The molecule has 122 valence electrons. The molecule has 1 aromatic heterocycles. The Labute approximate surface area is 145 Å². The number of carbonyl (C=O) groups is 1. The lowest BCUT2D eigenvalue weighted by molar-refractivity contribution is 0.103. The second kappa shape index (κ2) is 7.32. The minimum absolute atomic E-state index is 0.0933. The maximum absolute atomic E-state index is 12.3. The van der Waals surface area contributed by atoms with Crippen molar-refractivity contribution in [3.8, 4) is 5.75 Å². The van der Waals surface area contributed by atoms with Gasteiger partial charge in [0.1, 0.15) is 12.4 Å². The molecule has 3 rings (SSSR count). The van der Waals surface area contributed by atoms with Crippen LogP contribution >= 0.6 is 11.3 Å². The van der Waals surface area contributed by atoms with Crippen LogP contribution in [0.3, 0.4) is 0 Å². The third-order valence-corrected chi connectivity index (χ3v) is 4.84. The van der Waals surface area contributed by atoms with Gasteiger partial charge < -0.3 is 10.1 Å². The van der Waals surface area contributed by atoms with Gasteiger partial charge in [-0.25, -0.2) is 0 Å². The molecule has 3 aromatic rings. The van der Waals surface area contributed by atoms with Gasteiger partial charge in [-0.05, 0) is 54.6 Å². The number of hydrogen-bond acceptors (Lipinski definition) is 3. The summed E-state index contributed by atoms with van der Waals surface area (Å²) in [6, 6.07) is 17.4. The minimum atomic E-state index is -0.0933. The molecule has 0 radical (unpaired) electrons. The van der Waals surface area contributed by atoms with E-state index in [1.54, 1.807) is 0 Å². The summed E-state index contributed by atoms with van der Waals surface area (Å²) in [6.07, 6.45) is 0. The molecule has 1 amide bonds. The van der Waals surface area contributed by atoms with Crippen molar-refractivity contribution in [2.24, 2.45) is 0 Å². The number of thiophene rings is 1. The number of para-hydroxylation sites is 1. The number of benzene rings is 2. The van der Waals surface area contributed by atoms with Crippen LogP contribution in [0.1, 0.15) is 26.4 Å². The highest BCUT2D eigenvalue weighted by Gasteiger charge is 2.10. The zero-order valence-electron chi connectivity index (χ0n) is 13.7. The van der Waals surface area contributed by atoms with Gasteiger partial charge in [-0.15, -0.1) is 11.3 Å². The van der Waals surface area contributed by atoms with Crippen LogP contribution in [-0.2, 0) is 6.61 Å². The average Bonchev–Trinajstić information content (AvgIpc) is 3.06. The summed E-state index contributed by atoms with van der Waals surface area (Å²) in [7, 11) is 0. The van der Waals surface area contributed by atoms with Crippen molar-refractivity contribution < 1.29 is 9.53 Å². The molecule has 2 aromatic carbocycles. The zero-order valence-corrected chi connectivity index (χ0v) is 14.5. The van der Waals surface area contributed by atoms with E-state index in [0.717, 1.165) is 22.6 Å². The predicted molar refractivity (Wildman–Crippen MR) is 99.0 cm³/mol. The Balaban J connectivity index is 1.63. The number of aryl methyl sites for hydroxylation is 1. The first-order chi connectivity index (χ1) is 11.6. The van der Waals surface area contributed by atoms with E-state index in [0.29, 0.717) is 11.5 Å². The number of carbonyl (C=O) groups excluding carboxylic acids is 1. The molecule has 1 N–H and O–H groups in total. The fourth-order valence-corrected chi connectivity index (χ4v) is 3.12. The molecular weight excluding hydrogens is 318 g/mol. The lowest BCUT2D eigenvalue weighted by Crippen LogP contribution is -2.09. The normalized spacial score (nSPS) is 10.4. The zero-order chi connectivity index (χ0) is 16.9. The summed E-state index contributed by atoms with van der Waals surface area (Å²) >= 11 is 1.43. The van der Waals surface area contributed by atoms with Crippen LogP contribution in [0.5, 0.6) is 5.75 Å². The third-order valence-electron chi connectivity index (χ3n) is 3.86. The maximum Gasteiger partial charge on any atom is 0.265 e. The highest BCUT2D eigenvalue weighted by Crippen LogP contribution is 2.23. The van der Waals surface area contributed by atoms with Crippen LogP contribution in [0.2, 0.25) is 0 Å². The smallest absolute Gasteiger partial charge is 0.265 e. The molecule has 0 fully saturated rings. The van der Waals surface area contributed by atoms with E-state index >= 15 is 0 Å². The molecule has 0 aliphatic rings. The summed E-state index contributed by atoms with van der Waals surface area (Å²) in [4.78, 5) is 12.9. The molecule has 0 atom stereocenters. The Morgan fingerprint density at radius 3 is 2.67 bits per heavy atom. The fourth-order valence-electron chi connectivity index (χ4n) is 2.33. The molecule has 0 spiro atoms. The number of rotatable bonds is 5. The first-order valence-corrected chi connectivity index (χ1v) is 8.64. The van der Waals surface area contributed by atoms with Crippen LogP contribution in [0, 0.1) is 13.8 Å². The molecule has 0 bridgehead atoms. The lowest BCUT2D eigenvalue weighted by atomic mass is 10.1. The molecule has 1 heterocycles. The Kier molecular flexibility index (Phi) is 4.96. The summed E-state index contributed by atoms with van der Waals surface area (Å²) in [5.41, 5.74) is 4.15. The second-order valence-electron chi connectivity index (χ2n) is 5.63. The molecule has 0 aliphatic carbocycles. The van der Waals surface area contributed by atoms with Crippen molar-refractivity contribution >= 4 is 22.9 Å². The number of hydrogen-bond donors (Lipinski definition) is 1. The van der Waals surface area contributed by atoms with Gasteiger partial charge in [0, 0.05) is 11.3 Å². The highest BCUT2D eigenvalue weighted by molar-refractivity contribution is 7.12. The van der Waals surface area contributed by atoms with Crippen molar-refractivity contribution in [3.63, 3.8) is 0 Å². The van der Waals surface area contributed by atoms with Crippen LogP contribution in [0.4, 0.5) is 5.69 Å². The van der Waals surface area contributed by atoms with E-state index in [9.17, 15) is 4.79 Å². The van der Waals surface area contributed by atoms with Crippen molar-refractivity contribution in [3.05, 3.63) is 81.5 Å². The SMILES string of the molecule is Cc1cccc(OCc2csc(C(=O)Nc3ccccc3)c2)c1C. The lowest BCUT2D eigenvalue weighted by Gasteiger charge is -2.09. The van der Waals surface area contributed by atoms with Gasteiger partial charge in [-0.1, -0.05) is 30.3 Å². The first kappa shape index (κ1) is 16.3. The molecule has 4 heteroatoms. The molecule has 0 saturated heterocycles. The van der Waals surface area contributed by atoms with Crippen LogP contribution in [0.25, 0.3) is 0 Å². The predicted octanol–water partition coefficient (Wildman–Crippen LogP) is 5.20. The number of nitrogens with one attached hydrogen (secondary N) is 1. The topological polar surface area (TPSA) is 38.3 Å². The molecule has 0 unspecified atom stereocenters. The van der Waals surface area contributed by atoms with E-state index in [1.165, 1.54) is 16.9 Å². The average molecular weight is 337 g/mol. The van der Waals surface area contributed by atoms with Gasteiger partial charge in [0.25, 0.3) is 5.91 Å². The van der Waals surface area contributed by atoms with E-state index < -0.39 is 0 Å². The molecule has 0 saturated carbocycles. The summed E-state index contributed by atoms with van der Waals surface area (Å²) < 4.78 is 5.89. The Morgan fingerprint density at radius 1 is 1.08 bits per heavy atom. The summed E-state index contributed by atoms with van der Waals surface area (Å²) in [6.45, 7) is 4.58. The Hall–Kier alpha value is -2.59. The van der Waals surface area contributed by atoms with E-state index in [2.05, 4.69) is 25.2 Å². The van der Waals surface area contributed by atoms with Crippen molar-refractivity contribution in [2.75, 3.05) is 5.32 Å². The summed E-state index contributed by atoms with van der Waals surface area (Å²) in [5.74, 6) is 0.792. The van der Waals surface area contributed by atoms with E-state index in [-0.39, 0.29) is 5.91 Å². The molecule has 3 nitrogen and oxygen atoms in total. The highest BCUT2D eigenvalue weighted by atomic mass is 32.1. The molecule has 24 heavy (non-hydrogen) atoms. The fraction of sp³-hybridized carbons (Fsp3) is 0.150. The number of anilines is 1. The van der Waals surface area contributed by atoms with Gasteiger partial charge in [0.2, 0.25) is 0 Å². The first-order valence-electron chi connectivity index (χ1n) is 7.76. The quantitative estimate of drug-likeness (QED) is 0.695. The van der Waals surface area contributed by atoms with Crippen LogP contribution in [0.15, 0.2) is 60.0 Å². The van der Waals surface area contributed by atoms with Gasteiger partial charge in [-0.2, -0.15) is 0 Å². The van der Waals surface area contributed by atoms with Crippen molar-refractivity contribution in [2.45, 2.75) is 20.5 Å². The summed E-state index contributed by atoms with van der Waals surface area (Å²) in [5, 5.41) is 4.86. The second-order valence-corrected chi connectivity index (χ2v) is 6.54. The van der Waals surface area contributed by atoms with Gasteiger partial charge in [0.15, 0.2) is 0 Å². The molecule has 0 aliphatic heterocycles. The Bertz CT molecular complexity index is 840. The minimum Gasteiger partial charge on any atom is -0.489 e. The largest absolute Gasteiger partial charge is 0.489 e. The van der Waals surface area contributed by atoms with Crippen LogP contribution in [-0.4, -0.2) is 5.91 Å². The standard InChI is InChI=1S/C20H19NO2S/c1-14-7-6-10-18(15(14)2)23-12-16-11-19(24-13-16)20(22)21-17-8-4-3-5-9-17/h3-11,13H,12H2,1-2H3,(H,21,22). The van der Waals surface area contributed by atoms with Gasteiger partial charge in [0.05, 0.1) is 4.88 Å². The van der Waals surface area contributed by atoms with E-state index in [4.69, 9.17) is 4.74 Å². The third kappa shape index (κ3) is 3.84. The molecular formula is C20H19NO2S. The van der Waals surface area contributed by atoms with Crippen molar-refractivity contribution in [1.29, 1.82) is 0 Å². The number of amides is 1. The Morgan fingerprint density at radius 2 is 1.88 bits per heavy atom. The van der Waals surface area contributed by atoms with E-state index in [1.807, 2.05) is 53.9 Å². The monoisotopic (exact) mass is 337 g/mol. The van der Waals surface area contributed by atoms with Gasteiger partial charge in [-0.3, -0.25) is 4.79 Å². The van der Waals surface area contributed by atoms with Crippen LogP contribution < -0.4 is 10.1 Å². The number of ether oxygens (including phenoxy) is 1. The van der Waals surface area contributed by atoms with Crippen molar-refractivity contribution in [1.82, 2.24) is 0 Å². The maximum atomic E-state index is 12.3.